The molecule has 0 bridgehead atoms. The Kier molecular flexibility index (Phi) is 5.56. The molecule has 0 heterocycles. The Morgan fingerprint density at radius 1 is 1.19 bits per heavy atom. The lowest BCUT2D eigenvalue weighted by Crippen LogP contribution is -2.61. The predicted octanol–water partition coefficient (Wildman–Crippen LogP) is 3.92. The zero-order chi connectivity index (χ0) is 18.9. The minimum Gasteiger partial charge on any atom is -0.511 e. The van der Waals surface area contributed by atoms with E-state index in [4.69, 9.17) is 11.5 Å². The summed E-state index contributed by atoms with van der Waals surface area (Å²) in [6.45, 7) is 6.62. The van der Waals surface area contributed by atoms with Crippen LogP contribution in [0.5, 0.6) is 0 Å². The van der Waals surface area contributed by atoms with Gasteiger partial charge in [-0.05, 0) is 61.2 Å². The molecule has 1 aromatic carbocycles. The van der Waals surface area contributed by atoms with Crippen LogP contribution in [0.4, 0.5) is 0 Å². The smallest absolute Gasteiger partial charge is 0.107 e. The maximum absolute atomic E-state index is 11.5. The van der Waals surface area contributed by atoms with Gasteiger partial charge < -0.3 is 16.6 Å². The largest absolute Gasteiger partial charge is 0.511 e. The molecule has 0 amide bonds. The molecule has 1 aromatic rings. The van der Waals surface area contributed by atoms with Crippen LogP contribution in [-0.4, -0.2) is 16.9 Å². The van der Waals surface area contributed by atoms with Gasteiger partial charge in [-0.25, -0.2) is 0 Å². The van der Waals surface area contributed by atoms with Gasteiger partial charge in [-0.3, -0.25) is 5.32 Å². The van der Waals surface area contributed by atoms with E-state index in [9.17, 15) is 5.11 Å². The van der Waals surface area contributed by atoms with Gasteiger partial charge in [0.2, 0.25) is 0 Å². The highest BCUT2D eigenvalue weighted by Crippen LogP contribution is 2.49. The summed E-state index contributed by atoms with van der Waals surface area (Å²) >= 11 is 0. The fourth-order valence-corrected chi connectivity index (χ4v) is 5.06. The quantitative estimate of drug-likeness (QED) is 0.617. The van der Waals surface area contributed by atoms with Gasteiger partial charge in [0, 0.05) is 5.54 Å². The third-order valence-corrected chi connectivity index (χ3v) is 6.00. The first-order valence-corrected chi connectivity index (χ1v) is 9.78. The van der Waals surface area contributed by atoms with Gasteiger partial charge in [-0.2, -0.15) is 0 Å². The van der Waals surface area contributed by atoms with Gasteiger partial charge in [0.1, 0.15) is 12.0 Å². The first-order valence-electron chi connectivity index (χ1n) is 9.78. The molecule has 2 aliphatic rings. The van der Waals surface area contributed by atoms with Crippen LogP contribution in [0.3, 0.4) is 0 Å². The van der Waals surface area contributed by atoms with E-state index in [0.717, 1.165) is 30.4 Å². The number of nitrogens with one attached hydrogen (secondary N) is 1. The highest BCUT2D eigenvalue weighted by atomic mass is 16.3. The average molecular weight is 356 g/mol. The number of hydrogen-bond acceptors (Lipinski definition) is 4. The third-order valence-electron chi connectivity index (χ3n) is 6.00. The van der Waals surface area contributed by atoms with E-state index in [1.165, 1.54) is 12.0 Å². The molecule has 4 heteroatoms. The van der Waals surface area contributed by atoms with Crippen LogP contribution < -0.4 is 16.8 Å². The maximum atomic E-state index is 11.5. The zero-order valence-corrected chi connectivity index (χ0v) is 16.2. The summed E-state index contributed by atoms with van der Waals surface area (Å²) in [5, 5.41) is 14.8. The number of nitrogens with two attached hydrogens (primary N) is 2. The average Bonchev–Trinajstić information content (AvgIpc) is 2.54. The summed E-state index contributed by atoms with van der Waals surface area (Å²) in [7, 11) is 0. The van der Waals surface area contributed by atoms with Gasteiger partial charge in [0.25, 0.3) is 0 Å². The summed E-state index contributed by atoms with van der Waals surface area (Å²) in [6.07, 6.45) is 5.96. The molecule has 4 atom stereocenters. The number of hydrogen-bond donors (Lipinski definition) is 4. The number of allylic oxidation sites excluding steroid dienone is 3. The second-order valence-corrected chi connectivity index (χ2v) is 8.45. The van der Waals surface area contributed by atoms with Crippen LogP contribution in [0, 0.1) is 11.8 Å². The molecule has 0 spiro atoms. The molecule has 0 saturated carbocycles. The van der Waals surface area contributed by atoms with Gasteiger partial charge in [0.15, 0.2) is 0 Å². The number of benzene rings is 1. The second-order valence-electron chi connectivity index (χ2n) is 8.45. The predicted molar refractivity (Wildman–Crippen MR) is 107 cm³/mol. The van der Waals surface area contributed by atoms with Crippen LogP contribution in [0.2, 0.25) is 0 Å². The molecule has 4 unspecified atom stereocenters. The lowest BCUT2D eigenvalue weighted by atomic mass is 9.65. The molecule has 0 fully saturated rings. The van der Waals surface area contributed by atoms with E-state index < -0.39 is 11.8 Å². The highest BCUT2D eigenvalue weighted by Gasteiger charge is 2.46. The van der Waals surface area contributed by atoms with Gasteiger partial charge in [-0.15, -0.1) is 0 Å². The Bertz CT molecular complexity index is 695. The van der Waals surface area contributed by atoms with E-state index in [0.29, 0.717) is 11.7 Å². The highest BCUT2D eigenvalue weighted by molar-refractivity contribution is 5.45. The fourth-order valence-electron chi connectivity index (χ4n) is 5.06. The number of aliphatic hydroxyl groups excluding tert-OH is 1. The van der Waals surface area contributed by atoms with Gasteiger partial charge >= 0.3 is 0 Å². The second kappa shape index (κ2) is 7.55. The van der Waals surface area contributed by atoms with Crippen molar-refractivity contribution in [3.05, 3.63) is 58.9 Å². The van der Waals surface area contributed by atoms with Crippen LogP contribution in [0.1, 0.15) is 57.9 Å². The normalized spacial score (nSPS) is 32.7. The van der Waals surface area contributed by atoms with Crippen molar-refractivity contribution in [2.75, 3.05) is 0 Å². The summed E-state index contributed by atoms with van der Waals surface area (Å²) in [5.74, 6) is 1.23. The lowest BCUT2D eigenvalue weighted by Gasteiger charge is -2.47. The standard InChI is InChI=1S/C22H33N3O/c1-14-8-7-11-17(12-14)18-15(2)13-22(3,25-21(23)24)19(20(18)26)16-9-5-4-6-10-16/h4-6,9-11,14-15,19,21,25-26H,7-8,12-13,23-24H2,1-3H3. The van der Waals surface area contributed by atoms with Crippen molar-refractivity contribution in [1.29, 1.82) is 0 Å². The van der Waals surface area contributed by atoms with Gasteiger partial charge in [-0.1, -0.05) is 50.3 Å². The van der Waals surface area contributed by atoms with Crippen molar-refractivity contribution in [3.8, 4) is 0 Å². The Labute approximate surface area is 157 Å². The Balaban J connectivity index is 2.10. The van der Waals surface area contributed by atoms with E-state index in [1.54, 1.807) is 0 Å². The Morgan fingerprint density at radius 3 is 2.50 bits per heavy atom. The first-order chi connectivity index (χ1) is 12.3. The van der Waals surface area contributed by atoms with Gasteiger partial charge in [0.05, 0.1) is 5.92 Å². The molecule has 2 aliphatic carbocycles. The summed E-state index contributed by atoms with van der Waals surface area (Å²) in [6, 6.07) is 10.2. The van der Waals surface area contributed by atoms with Crippen molar-refractivity contribution in [3.63, 3.8) is 0 Å². The van der Waals surface area contributed by atoms with Crippen molar-refractivity contribution >= 4 is 0 Å². The fraction of sp³-hybridized carbons (Fsp3) is 0.545. The molecular formula is C22H33N3O. The molecule has 0 aliphatic heterocycles. The molecule has 4 nitrogen and oxygen atoms in total. The molecular weight excluding hydrogens is 322 g/mol. The summed E-state index contributed by atoms with van der Waals surface area (Å²) in [4.78, 5) is 0. The van der Waals surface area contributed by atoms with Crippen molar-refractivity contribution in [2.24, 2.45) is 23.3 Å². The number of aliphatic hydroxyl groups is 1. The lowest BCUT2D eigenvalue weighted by molar-refractivity contribution is 0.176. The molecule has 0 radical (unpaired) electrons. The van der Waals surface area contributed by atoms with Crippen molar-refractivity contribution in [1.82, 2.24) is 5.32 Å². The van der Waals surface area contributed by atoms with E-state index in [1.807, 2.05) is 18.2 Å². The van der Waals surface area contributed by atoms with Crippen molar-refractivity contribution in [2.45, 2.75) is 64.2 Å². The SMILES string of the molecule is CC1CCC=C(C2=C(O)C(c3ccccc3)C(C)(NC(N)N)CC2C)C1. The van der Waals surface area contributed by atoms with Crippen LogP contribution >= 0.6 is 0 Å². The molecule has 0 saturated heterocycles. The Morgan fingerprint density at radius 2 is 1.88 bits per heavy atom. The number of rotatable bonds is 4. The van der Waals surface area contributed by atoms with E-state index >= 15 is 0 Å². The minimum absolute atomic E-state index is 0.164. The monoisotopic (exact) mass is 355 g/mol. The first kappa shape index (κ1) is 19.2. The maximum Gasteiger partial charge on any atom is 0.107 e. The van der Waals surface area contributed by atoms with E-state index in [-0.39, 0.29) is 11.8 Å². The van der Waals surface area contributed by atoms with Crippen LogP contribution in [0.25, 0.3) is 0 Å². The molecule has 6 N–H and O–H groups in total. The molecule has 142 valence electrons. The minimum atomic E-state index is -0.623. The summed E-state index contributed by atoms with van der Waals surface area (Å²) in [5.41, 5.74) is 14.9. The topological polar surface area (TPSA) is 84.3 Å². The Hall–Kier alpha value is -1.62. The zero-order valence-electron chi connectivity index (χ0n) is 16.2. The van der Waals surface area contributed by atoms with Crippen LogP contribution in [-0.2, 0) is 0 Å². The van der Waals surface area contributed by atoms with Crippen LogP contribution in [0.15, 0.2) is 53.3 Å². The van der Waals surface area contributed by atoms with E-state index in [2.05, 4.69) is 44.3 Å². The third kappa shape index (κ3) is 3.73. The summed E-state index contributed by atoms with van der Waals surface area (Å²) < 4.78 is 0. The molecule has 0 aromatic heterocycles. The molecule has 26 heavy (non-hydrogen) atoms. The van der Waals surface area contributed by atoms with Crippen molar-refractivity contribution < 1.29 is 5.11 Å². The molecule has 3 rings (SSSR count).